The van der Waals surface area contributed by atoms with Gasteiger partial charge in [-0.25, -0.2) is 0 Å². The fourth-order valence-electron chi connectivity index (χ4n) is 2.65. The Bertz CT molecular complexity index is 361. The van der Waals surface area contributed by atoms with Crippen LogP contribution in [0.5, 0.6) is 0 Å². The first-order chi connectivity index (χ1) is 8.77. The lowest BCUT2D eigenvalue weighted by molar-refractivity contribution is 0.245. The molecule has 0 atom stereocenters. The average molecular weight is 311 g/mol. The zero-order valence-electron chi connectivity index (χ0n) is 11.2. The fraction of sp³-hybridized carbons (Fsp3) is 0.600. The molecule has 0 aliphatic heterocycles. The van der Waals surface area contributed by atoms with Gasteiger partial charge in [0.15, 0.2) is 0 Å². The third-order valence-corrected chi connectivity index (χ3v) is 4.64. The highest BCUT2D eigenvalue weighted by Gasteiger charge is 2.18. The molecule has 0 unspecified atom stereocenters. The van der Waals surface area contributed by atoms with Crippen molar-refractivity contribution in [2.75, 3.05) is 20.1 Å². The van der Waals surface area contributed by atoms with Crippen molar-refractivity contribution < 1.29 is 0 Å². The zero-order chi connectivity index (χ0) is 12.8. The van der Waals surface area contributed by atoms with Crippen LogP contribution < -0.4 is 5.32 Å². The van der Waals surface area contributed by atoms with Gasteiger partial charge in [-0.15, -0.1) is 0 Å². The molecule has 1 aliphatic rings. The quantitative estimate of drug-likeness (QED) is 0.810. The highest BCUT2D eigenvalue weighted by atomic mass is 79.9. The largest absolute Gasteiger partial charge is 0.311 e. The van der Waals surface area contributed by atoms with Gasteiger partial charge in [-0.1, -0.05) is 47.0 Å². The second-order valence-electron chi connectivity index (χ2n) is 5.19. The van der Waals surface area contributed by atoms with Gasteiger partial charge in [0.25, 0.3) is 0 Å². The van der Waals surface area contributed by atoms with Crippen molar-refractivity contribution in [2.45, 2.75) is 38.3 Å². The summed E-state index contributed by atoms with van der Waals surface area (Å²) in [6, 6.07) is 9.24. The number of nitrogens with zero attached hydrogens (tertiary/aromatic N) is 1. The molecule has 18 heavy (non-hydrogen) atoms. The van der Waals surface area contributed by atoms with E-state index in [1.165, 1.54) is 35.7 Å². The second-order valence-corrected chi connectivity index (χ2v) is 6.04. The third kappa shape index (κ3) is 4.08. The Labute approximate surface area is 119 Å². The van der Waals surface area contributed by atoms with E-state index in [9.17, 15) is 0 Å². The Morgan fingerprint density at radius 3 is 2.72 bits per heavy atom. The number of nitrogens with one attached hydrogen (secondary N) is 1. The van der Waals surface area contributed by atoms with E-state index in [2.05, 4.69) is 57.5 Å². The summed E-state index contributed by atoms with van der Waals surface area (Å²) in [5, 5.41) is 3.53. The minimum Gasteiger partial charge on any atom is -0.311 e. The van der Waals surface area contributed by atoms with Crippen LogP contribution in [0.4, 0.5) is 0 Å². The van der Waals surface area contributed by atoms with Crippen molar-refractivity contribution in [1.29, 1.82) is 0 Å². The SMILES string of the molecule is CN(CCNCc1ccccc1Br)C1CCCC1. The fourth-order valence-corrected chi connectivity index (χ4v) is 3.07. The maximum absolute atomic E-state index is 3.58. The van der Waals surface area contributed by atoms with Gasteiger partial charge in [-0.3, -0.25) is 0 Å². The summed E-state index contributed by atoms with van der Waals surface area (Å²) in [6.45, 7) is 3.16. The van der Waals surface area contributed by atoms with Gasteiger partial charge in [0, 0.05) is 30.1 Å². The average Bonchev–Trinajstić information content (AvgIpc) is 2.90. The van der Waals surface area contributed by atoms with Gasteiger partial charge in [-0.05, 0) is 31.5 Å². The first-order valence-corrected chi connectivity index (χ1v) is 7.71. The van der Waals surface area contributed by atoms with Gasteiger partial charge >= 0.3 is 0 Å². The van der Waals surface area contributed by atoms with Crippen molar-refractivity contribution in [1.82, 2.24) is 10.2 Å². The van der Waals surface area contributed by atoms with Gasteiger partial charge in [-0.2, -0.15) is 0 Å². The predicted molar refractivity (Wildman–Crippen MR) is 80.7 cm³/mol. The summed E-state index contributed by atoms with van der Waals surface area (Å²) in [7, 11) is 2.26. The first-order valence-electron chi connectivity index (χ1n) is 6.92. The number of hydrogen-bond donors (Lipinski definition) is 1. The van der Waals surface area contributed by atoms with Crippen LogP contribution >= 0.6 is 15.9 Å². The van der Waals surface area contributed by atoms with E-state index in [-0.39, 0.29) is 0 Å². The molecule has 3 heteroatoms. The zero-order valence-corrected chi connectivity index (χ0v) is 12.7. The predicted octanol–water partition coefficient (Wildman–Crippen LogP) is 3.41. The molecule has 1 fully saturated rings. The van der Waals surface area contributed by atoms with Crippen LogP contribution in [0.3, 0.4) is 0 Å². The van der Waals surface area contributed by atoms with Crippen LogP contribution in [0.15, 0.2) is 28.7 Å². The van der Waals surface area contributed by atoms with E-state index in [1.807, 2.05) is 0 Å². The Balaban J connectivity index is 1.65. The molecule has 1 N–H and O–H groups in total. The van der Waals surface area contributed by atoms with Crippen LogP contribution in [0.1, 0.15) is 31.2 Å². The minimum absolute atomic E-state index is 0.829. The van der Waals surface area contributed by atoms with Crippen LogP contribution in [0, 0.1) is 0 Å². The molecule has 1 aliphatic carbocycles. The smallest absolute Gasteiger partial charge is 0.0220 e. The molecule has 0 bridgehead atoms. The number of likely N-dealkylation sites (N-methyl/N-ethyl adjacent to an activating group) is 1. The number of rotatable bonds is 6. The van der Waals surface area contributed by atoms with Gasteiger partial charge < -0.3 is 10.2 Å². The summed E-state index contributed by atoms with van der Waals surface area (Å²) < 4.78 is 1.20. The van der Waals surface area contributed by atoms with Crippen molar-refractivity contribution in [3.05, 3.63) is 34.3 Å². The van der Waals surface area contributed by atoms with E-state index in [4.69, 9.17) is 0 Å². The summed E-state index contributed by atoms with van der Waals surface area (Å²) in [5.74, 6) is 0. The van der Waals surface area contributed by atoms with Crippen molar-refractivity contribution in [2.24, 2.45) is 0 Å². The Kier molecular flexibility index (Phi) is 5.67. The molecule has 0 amide bonds. The molecule has 1 saturated carbocycles. The molecule has 0 spiro atoms. The van der Waals surface area contributed by atoms with Gasteiger partial charge in [0.05, 0.1) is 0 Å². The molecular formula is C15H23BrN2. The first kappa shape index (κ1) is 14.0. The molecular weight excluding hydrogens is 288 g/mol. The molecule has 0 aromatic heterocycles. The minimum atomic E-state index is 0.829. The topological polar surface area (TPSA) is 15.3 Å². The van der Waals surface area contributed by atoms with Crippen LogP contribution in [0.25, 0.3) is 0 Å². The summed E-state index contributed by atoms with van der Waals surface area (Å²) in [5.41, 5.74) is 1.33. The lowest BCUT2D eigenvalue weighted by atomic mass is 10.2. The molecule has 1 aromatic carbocycles. The van der Waals surface area contributed by atoms with Crippen LogP contribution in [-0.4, -0.2) is 31.1 Å². The van der Waals surface area contributed by atoms with E-state index < -0.39 is 0 Å². The van der Waals surface area contributed by atoms with Crippen molar-refractivity contribution >= 4 is 15.9 Å². The highest BCUT2D eigenvalue weighted by Crippen LogP contribution is 2.21. The van der Waals surface area contributed by atoms with E-state index in [0.29, 0.717) is 0 Å². The standard InChI is InChI=1S/C15H23BrN2/c1-18(14-7-3-4-8-14)11-10-17-12-13-6-2-5-9-15(13)16/h2,5-6,9,14,17H,3-4,7-8,10-12H2,1H3. The molecule has 1 aromatic rings. The molecule has 0 heterocycles. The Hall–Kier alpha value is -0.380. The van der Waals surface area contributed by atoms with Gasteiger partial charge in [0.2, 0.25) is 0 Å². The molecule has 0 saturated heterocycles. The summed E-state index contributed by atoms with van der Waals surface area (Å²) in [4.78, 5) is 2.51. The molecule has 0 radical (unpaired) electrons. The van der Waals surface area contributed by atoms with E-state index in [1.54, 1.807) is 0 Å². The maximum Gasteiger partial charge on any atom is 0.0220 e. The lowest BCUT2D eigenvalue weighted by Crippen LogP contribution is -2.35. The Morgan fingerprint density at radius 1 is 1.28 bits per heavy atom. The molecule has 2 rings (SSSR count). The normalized spacial score (nSPS) is 16.6. The molecule has 100 valence electrons. The number of hydrogen-bond acceptors (Lipinski definition) is 2. The Morgan fingerprint density at radius 2 is 2.00 bits per heavy atom. The summed E-state index contributed by atoms with van der Waals surface area (Å²) >= 11 is 3.58. The monoisotopic (exact) mass is 310 g/mol. The highest BCUT2D eigenvalue weighted by molar-refractivity contribution is 9.10. The summed E-state index contributed by atoms with van der Waals surface area (Å²) in [6.07, 6.45) is 5.61. The van der Waals surface area contributed by atoms with Crippen LogP contribution in [-0.2, 0) is 6.54 Å². The van der Waals surface area contributed by atoms with Crippen molar-refractivity contribution in [3.8, 4) is 0 Å². The third-order valence-electron chi connectivity index (χ3n) is 3.86. The number of benzene rings is 1. The van der Waals surface area contributed by atoms with E-state index >= 15 is 0 Å². The number of halogens is 1. The van der Waals surface area contributed by atoms with Gasteiger partial charge in [0.1, 0.15) is 0 Å². The maximum atomic E-state index is 3.58. The van der Waals surface area contributed by atoms with Crippen molar-refractivity contribution in [3.63, 3.8) is 0 Å². The van der Waals surface area contributed by atoms with E-state index in [0.717, 1.165) is 25.7 Å². The lowest BCUT2D eigenvalue weighted by Gasteiger charge is -2.24. The molecule has 2 nitrogen and oxygen atoms in total. The van der Waals surface area contributed by atoms with Crippen LogP contribution in [0.2, 0.25) is 0 Å². The second kappa shape index (κ2) is 7.27.